The second-order valence-corrected chi connectivity index (χ2v) is 8.98. The quantitative estimate of drug-likeness (QED) is 0.382. The largest absolute Gasteiger partial charge is 0.392 e. The van der Waals surface area contributed by atoms with Crippen molar-refractivity contribution in [2.24, 2.45) is 0 Å². The Morgan fingerprint density at radius 2 is 1.51 bits per heavy atom. The standard InChI is InChI=1S/C30H29N3O2/c34-20-23-11-15-25-24(19-23)14-17-26-29(25)31-27(16-12-21-7-3-1-4-8-21)30(32-26)33-28(35)18-13-22-9-5-2-6-10-22/h1-11,15,19,34H,12-14,16-18,20H2,(H,32,33,35). The monoisotopic (exact) mass is 463 g/mol. The summed E-state index contributed by atoms with van der Waals surface area (Å²) in [6, 6.07) is 26.4. The van der Waals surface area contributed by atoms with Gasteiger partial charge in [-0.05, 0) is 54.4 Å². The van der Waals surface area contributed by atoms with Gasteiger partial charge in [-0.1, -0.05) is 78.9 Å². The SMILES string of the molecule is O=C(CCc1ccccc1)Nc1nc2c(nc1CCc1ccccc1)-c1ccc(CO)cc1CC2. The molecule has 0 aliphatic heterocycles. The molecular weight excluding hydrogens is 434 g/mol. The highest BCUT2D eigenvalue weighted by Gasteiger charge is 2.22. The molecule has 1 heterocycles. The number of carbonyl (C=O) groups excluding carboxylic acids is 1. The highest BCUT2D eigenvalue weighted by Crippen LogP contribution is 2.33. The molecule has 0 spiro atoms. The third kappa shape index (κ3) is 5.47. The first kappa shape index (κ1) is 22.9. The van der Waals surface area contributed by atoms with Gasteiger partial charge in [0.05, 0.1) is 23.7 Å². The number of carbonyl (C=O) groups is 1. The van der Waals surface area contributed by atoms with E-state index in [2.05, 4.69) is 23.5 Å². The Bertz CT molecular complexity index is 1320. The lowest BCUT2D eigenvalue weighted by molar-refractivity contribution is -0.116. The third-order valence-corrected chi connectivity index (χ3v) is 6.51. The maximum absolute atomic E-state index is 12.8. The molecule has 0 unspecified atom stereocenters. The molecule has 0 fully saturated rings. The van der Waals surface area contributed by atoms with E-state index in [1.165, 1.54) is 11.1 Å². The smallest absolute Gasteiger partial charge is 0.225 e. The Kier molecular flexibility index (Phi) is 6.96. The predicted octanol–water partition coefficient (Wildman–Crippen LogP) is 5.09. The first-order valence-corrected chi connectivity index (χ1v) is 12.2. The van der Waals surface area contributed by atoms with E-state index >= 15 is 0 Å². The number of amides is 1. The van der Waals surface area contributed by atoms with Crippen molar-refractivity contribution in [3.8, 4) is 11.3 Å². The van der Waals surface area contributed by atoms with Crippen LogP contribution < -0.4 is 5.32 Å². The summed E-state index contributed by atoms with van der Waals surface area (Å²) in [5.41, 5.74) is 8.14. The normalized spacial score (nSPS) is 12.0. The molecule has 0 radical (unpaired) electrons. The highest BCUT2D eigenvalue weighted by molar-refractivity contribution is 5.90. The summed E-state index contributed by atoms with van der Waals surface area (Å²) in [6.07, 6.45) is 4.18. The number of aliphatic hydroxyl groups is 1. The van der Waals surface area contributed by atoms with E-state index in [4.69, 9.17) is 9.97 Å². The van der Waals surface area contributed by atoms with Crippen LogP contribution >= 0.6 is 0 Å². The van der Waals surface area contributed by atoms with Gasteiger partial charge in [0.25, 0.3) is 0 Å². The molecular formula is C30H29N3O2. The number of nitrogens with one attached hydrogen (secondary N) is 1. The molecule has 1 aliphatic rings. The molecule has 1 amide bonds. The zero-order chi connectivity index (χ0) is 24.0. The number of hydrogen-bond donors (Lipinski definition) is 2. The van der Waals surface area contributed by atoms with Gasteiger partial charge < -0.3 is 10.4 Å². The van der Waals surface area contributed by atoms with Crippen LogP contribution in [0, 0.1) is 0 Å². The van der Waals surface area contributed by atoms with Gasteiger partial charge in [0, 0.05) is 12.0 Å². The van der Waals surface area contributed by atoms with Crippen molar-refractivity contribution < 1.29 is 9.90 Å². The number of rotatable bonds is 8. The molecule has 0 saturated carbocycles. The first-order valence-electron chi connectivity index (χ1n) is 12.2. The maximum atomic E-state index is 12.8. The summed E-state index contributed by atoms with van der Waals surface area (Å²) >= 11 is 0. The van der Waals surface area contributed by atoms with Crippen LogP contribution in [0.2, 0.25) is 0 Å². The van der Waals surface area contributed by atoms with Crippen LogP contribution in [0.5, 0.6) is 0 Å². The number of anilines is 1. The lowest BCUT2D eigenvalue weighted by atomic mass is 9.90. The summed E-state index contributed by atoms with van der Waals surface area (Å²) in [7, 11) is 0. The minimum atomic E-state index is -0.0483. The second kappa shape index (κ2) is 10.6. The maximum Gasteiger partial charge on any atom is 0.225 e. The second-order valence-electron chi connectivity index (χ2n) is 8.98. The van der Waals surface area contributed by atoms with Crippen molar-refractivity contribution in [1.82, 2.24) is 9.97 Å². The van der Waals surface area contributed by atoms with Gasteiger partial charge in [-0.2, -0.15) is 0 Å². The van der Waals surface area contributed by atoms with Crippen molar-refractivity contribution in [2.45, 2.75) is 45.1 Å². The summed E-state index contributed by atoms with van der Waals surface area (Å²) in [6.45, 7) is 0.0299. The molecule has 35 heavy (non-hydrogen) atoms. The molecule has 1 aliphatic carbocycles. The van der Waals surface area contributed by atoms with Gasteiger partial charge in [0.1, 0.15) is 0 Å². The van der Waals surface area contributed by atoms with E-state index < -0.39 is 0 Å². The van der Waals surface area contributed by atoms with Crippen LogP contribution in [-0.4, -0.2) is 21.0 Å². The third-order valence-electron chi connectivity index (χ3n) is 6.51. The fourth-order valence-corrected chi connectivity index (χ4v) is 4.61. The number of hydrogen-bond acceptors (Lipinski definition) is 4. The zero-order valence-electron chi connectivity index (χ0n) is 19.7. The van der Waals surface area contributed by atoms with Gasteiger partial charge in [-0.3, -0.25) is 4.79 Å². The van der Waals surface area contributed by atoms with E-state index in [0.717, 1.165) is 53.0 Å². The molecule has 176 valence electrons. The summed E-state index contributed by atoms with van der Waals surface area (Å²) in [5, 5.41) is 12.6. The molecule has 1 aromatic heterocycles. The lowest BCUT2D eigenvalue weighted by Gasteiger charge is -2.21. The Morgan fingerprint density at radius 1 is 0.800 bits per heavy atom. The van der Waals surface area contributed by atoms with E-state index in [9.17, 15) is 9.90 Å². The van der Waals surface area contributed by atoms with Crippen LogP contribution in [0.3, 0.4) is 0 Å². The van der Waals surface area contributed by atoms with Crippen molar-refractivity contribution >= 4 is 11.7 Å². The van der Waals surface area contributed by atoms with E-state index in [0.29, 0.717) is 25.1 Å². The predicted molar refractivity (Wildman–Crippen MR) is 138 cm³/mol. The van der Waals surface area contributed by atoms with Gasteiger partial charge in [0.15, 0.2) is 5.82 Å². The van der Waals surface area contributed by atoms with Gasteiger partial charge >= 0.3 is 0 Å². The fraction of sp³-hybridized carbons (Fsp3) is 0.233. The van der Waals surface area contributed by atoms with E-state index in [1.807, 2.05) is 60.7 Å². The fourth-order valence-electron chi connectivity index (χ4n) is 4.61. The number of aromatic nitrogens is 2. The summed E-state index contributed by atoms with van der Waals surface area (Å²) in [4.78, 5) is 22.8. The van der Waals surface area contributed by atoms with Crippen molar-refractivity contribution in [1.29, 1.82) is 0 Å². The van der Waals surface area contributed by atoms with Crippen LogP contribution in [0.1, 0.15) is 40.1 Å². The number of aliphatic hydroxyl groups excluding tert-OH is 1. The molecule has 0 bridgehead atoms. The molecule has 3 aromatic carbocycles. The van der Waals surface area contributed by atoms with Gasteiger partial charge in [0.2, 0.25) is 5.91 Å². The first-order chi connectivity index (χ1) is 17.2. The molecule has 0 saturated heterocycles. The number of aryl methyl sites for hydroxylation is 5. The Morgan fingerprint density at radius 3 is 2.23 bits per heavy atom. The highest BCUT2D eigenvalue weighted by atomic mass is 16.3. The Balaban J connectivity index is 1.42. The summed E-state index contributed by atoms with van der Waals surface area (Å²) < 4.78 is 0. The van der Waals surface area contributed by atoms with Crippen LogP contribution in [-0.2, 0) is 43.5 Å². The molecule has 5 nitrogen and oxygen atoms in total. The van der Waals surface area contributed by atoms with Crippen molar-refractivity contribution in [2.75, 3.05) is 5.32 Å². The lowest BCUT2D eigenvalue weighted by Crippen LogP contribution is -2.19. The average molecular weight is 464 g/mol. The summed E-state index contributed by atoms with van der Waals surface area (Å²) in [5.74, 6) is 0.529. The molecule has 4 aromatic rings. The Hall–Kier alpha value is -3.83. The molecule has 2 N–H and O–H groups in total. The van der Waals surface area contributed by atoms with E-state index in [1.54, 1.807) is 0 Å². The topological polar surface area (TPSA) is 75.1 Å². The minimum Gasteiger partial charge on any atom is -0.392 e. The van der Waals surface area contributed by atoms with Crippen molar-refractivity contribution in [3.05, 3.63) is 113 Å². The zero-order valence-corrected chi connectivity index (χ0v) is 19.7. The van der Waals surface area contributed by atoms with Gasteiger partial charge in [-0.15, -0.1) is 0 Å². The molecule has 5 rings (SSSR count). The minimum absolute atomic E-state index is 0.0299. The number of benzene rings is 3. The molecule has 5 heteroatoms. The van der Waals surface area contributed by atoms with Crippen LogP contribution in [0.15, 0.2) is 78.9 Å². The number of fused-ring (bicyclic) bond motifs is 3. The molecule has 0 atom stereocenters. The van der Waals surface area contributed by atoms with Gasteiger partial charge in [-0.25, -0.2) is 9.97 Å². The Labute approximate surface area is 205 Å². The number of nitrogens with zero attached hydrogens (tertiary/aromatic N) is 2. The van der Waals surface area contributed by atoms with E-state index in [-0.39, 0.29) is 12.5 Å². The average Bonchev–Trinajstić information content (AvgIpc) is 2.91. The van der Waals surface area contributed by atoms with Crippen LogP contribution in [0.4, 0.5) is 5.82 Å². The van der Waals surface area contributed by atoms with Crippen molar-refractivity contribution in [3.63, 3.8) is 0 Å². The van der Waals surface area contributed by atoms with Crippen LogP contribution in [0.25, 0.3) is 11.3 Å².